The first-order chi connectivity index (χ1) is 11.5. The highest BCUT2D eigenvalue weighted by Crippen LogP contribution is 2.33. The fraction of sp³-hybridized carbons (Fsp3) is 0.222. The van der Waals surface area contributed by atoms with Gasteiger partial charge in [-0.1, -0.05) is 124 Å². The van der Waals surface area contributed by atoms with Crippen LogP contribution in [0.1, 0.15) is 11.1 Å². The second-order valence-electron chi connectivity index (χ2n) is 4.65. The molecule has 2 aromatic rings. The van der Waals surface area contributed by atoms with Crippen molar-refractivity contribution in [3.05, 3.63) is 83.0 Å². The minimum Gasteiger partial charge on any atom is -0.496 e. The number of hydrogen-bond donors (Lipinski definition) is 0. The van der Waals surface area contributed by atoms with Crippen molar-refractivity contribution in [2.75, 3.05) is 6.61 Å². The van der Waals surface area contributed by atoms with Gasteiger partial charge in [-0.15, -0.1) is 0 Å². The molecular weight excluding hydrogens is 568 g/mol. The van der Waals surface area contributed by atoms with Gasteiger partial charge in [-0.2, -0.15) is 0 Å². The first kappa shape index (κ1) is 21.9. The normalized spacial score (nSPS) is 11.0. The van der Waals surface area contributed by atoms with Gasteiger partial charge in [0.1, 0.15) is 6.61 Å². The largest absolute Gasteiger partial charge is 0.496 e. The Morgan fingerprint density at radius 3 is 1.75 bits per heavy atom. The summed E-state index contributed by atoms with van der Waals surface area (Å²) in [5, 5.41) is 0. The van der Waals surface area contributed by atoms with Crippen LogP contribution >= 0.6 is 63.7 Å². The van der Waals surface area contributed by atoms with Crippen LogP contribution in [0.3, 0.4) is 0 Å². The summed E-state index contributed by atoms with van der Waals surface area (Å²) in [6.07, 6.45) is 1.62. The highest BCUT2D eigenvalue weighted by atomic mass is 80.0. The molecule has 0 bridgehead atoms. The standard InChI is InChI=1S/C9H9Br3O.C9H9BrO/c10-9(11,12)7-13-6-8-4-2-1-3-5-8;10-6-7-11-8-9-4-2-1-3-5-9/h1-5H,6-7H2;1-7H,8H2/b;7-6-. The maximum absolute atomic E-state index is 5.44. The maximum atomic E-state index is 5.44. The second kappa shape index (κ2) is 13.1. The van der Waals surface area contributed by atoms with Crippen LogP contribution < -0.4 is 0 Å². The summed E-state index contributed by atoms with van der Waals surface area (Å²) >= 11 is 13.2. The quantitative estimate of drug-likeness (QED) is 0.266. The zero-order chi connectivity index (χ0) is 17.7. The van der Waals surface area contributed by atoms with Crippen LogP contribution in [0.2, 0.25) is 0 Å². The SMILES string of the molecule is Br/C=C\OCc1ccccc1.BrC(Br)(Br)COCc1ccccc1. The van der Waals surface area contributed by atoms with E-state index in [0.29, 0.717) is 19.8 Å². The van der Waals surface area contributed by atoms with Crippen LogP contribution in [0.5, 0.6) is 0 Å². The fourth-order valence-corrected chi connectivity index (χ4v) is 2.25. The van der Waals surface area contributed by atoms with Crippen LogP contribution in [0, 0.1) is 0 Å². The molecule has 2 nitrogen and oxygen atoms in total. The van der Waals surface area contributed by atoms with Gasteiger partial charge in [0.25, 0.3) is 0 Å². The molecule has 6 heteroatoms. The first-order valence-electron chi connectivity index (χ1n) is 7.10. The van der Waals surface area contributed by atoms with E-state index >= 15 is 0 Å². The Bertz CT molecular complexity index is 569. The summed E-state index contributed by atoms with van der Waals surface area (Å²) in [5.41, 5.74) is 2.36. The van der Waals surface area contributed by atoms with Crippen LogP contribution in [0.4, 0.5) is 0 Å². The number of halogens is 4. The second-order valence-corrected chi connectivity index (χ2v) is 12.4. The lowest BCUT2D eigenvalue weighted by atomic mass is 10.2. The summed E-state index contributed by atoms with van der Waals surface area (Å²) < 4.78 is 10.3. The number of benzene rings is 2. The Labute approximate surface area is 177 Å². The maximum Gasteiger partial charge on any atom is 0.158 e. The molecular formula is C18H18Br4O2. The molecule has 0 saturated heterocycles. The van der Waals surface area contributed by atoms with Gasteiger partial charge in [0.15, 0.2) is 2.14 Å². The topological polar surface area (TPSA) is 18.5 Å². The molecule has 0 unspecified atom stereocenters. The third-order valence-electron chi connectivity index (χ3n) is 2.62. The smallest absolute Gasteiger partial charge is 0.158 e. The summed E-state index contributed by atoms with van der Waals surface area (Å²) in [4.78, 5) is 1.69. The Hall–Kier alpha value is -0.140. The predicted molar refractivity (Wildman–Crippen MR) is 115 cm³/mol. The summed E-state index contributed by atoms with van der Waals surface area (Å²) in [6.45, 7) is 1.82. The Kier molecular flexibility index (Phi) is 12.0. The molecule has 24 heavy (non-hydrogen) atoms. The van der Waals surface area contributed by atoms with E-state index in [2.05, 4.69) is 63.7 Å². The van der Waals surface area contributed by atoms with E-state index in [1.54, 1.807) is 11.2 Å². The van der Waals surface area contributed by atoms with Crippen molar-refractivity contribution < 1.29 is 9.47 Å². The van der Waals surface area contributed by atoms with Crippen molar-refractivity contribution in [1.29, 1.82) is 0 Å². The minimum atomic E-state index is -0.304. The molecule has 0 aromatic heterocycles. The molecule has 0 radical (unpaired) electrons. The summed E-state index contributed by atoms with van der Waals surface area (Å²) in [5.74, 6) is 0. The molecule has 2 rings (SSSR count). The fourth-order valence-electron chi connectivity index (χ4n) is 1.61. The van der Waals surface area contributed by atoms with Crippen LogP contribution in [-0.2, 0) is 22.7 Å². The van der Waals surface area contributed by atoms with Crippen molar-refractivity contribution in [1.82, 2.24) is 0 Å². The highest BCUT2D eigenvalue weighted by Gasteiger charge is 2.17. The Morgan fingerprint density at radius 2 is 1.29 bits per heavy atom. The van der Waals surface area contributed by atoms with E-state index in [4.69, 9.17) is 9.47 Å². The monoisotopic (exact) mass is 582 g/mol. The molecule has 2 aromatic carbocycles. The van der Waals surface area contributed by atoms with Crippen LogP contribution in [0.25, 0.3) is 0 Å². The van der Waals surface area contributed by atoms with Crippen molar-refractivity contribution in [3.63, 3.8) is 0 Å². The Morgan fingerprint density at radius 1 is 0.792 bits per heavy atom. The molecule has 130 valence electrons. The lowest BCUT2D eigenvalue weighted by Crippen LogP contribution is -2.10. The van der Waals surface area contributed by atoms with Crippen LogP contribution in [0.15, 0.2) is 71.9 Å². The lowest BCUT2D eigenvalue weighted by molar-refractivity contribution is 0.131. The van der Waals surface area contributed by atoms with E-state index in [9.17, 15) is 0 Å². The molecule has 0 aliphatic heterocycles. The zero-order valence-electron chi connectivity index (χ0n) is 12.9. The van der Waals surface area contributed by atoms with Crippen LogP contribution in [-0.4, -0.2) is 8.75 Å². The molecule has 0 aliphatic rings. The van der Waals surface area contributed by atoms with Gasteiger partial charge in [-0.25, -0.2) is 0 Å². The highest BCUT2D eigenvalue weighted by molar-refractivity contribution is 9.39. The molecule has 0 spiro atoms. The molecule has 0 saturated carbocycles. The van der Waals surface area contributed by atoms with E-state index in [0.717, 1.165) is 0 Å². The van der Waals surface area contributed by atoms with E-state index < -0.39 is 0 Å². The average molecular weight is 586 g/mol. The van der Waals surface area contributed by atoms with Crippen molar-refractivity contribution in [3.8, 4) is 0 Å². The van der Waals surface area contributed by atoms with E-state index in [1.165, 1.54) is 11.1 Å². The molecule has 0 heterocycles. The molecule has 0 aliphatic carbocycles. The average Bonchev–Trinajstić information content (AvgIpc) is 2.57. The number of alkyl halides is 3. The zero-order valence-corrected chi connectivity index (χ0v) is 19.2. The number of ether oxygens (including phenoxy) is 2. The molecule has 0 fully saturated rings. The first-order valence-corrected chi connectivity index (χ1v) is 10.4. The van der Waals surface area contributed by atoms with Gasteiger partial charge in [-0.05, 0) is 11.1 Å². The molecule has 0 N–H and O–H groups in total. The minimum absolute atomic E-state index is 0.304. The number of rotatable bonds is 6. The van der Waals surface area contributed by atoms with Crippen molar-refractivity contribution in [2.24, 2.45) is 0 Å². The lowest BCUT2D eigenvalue weighted by Gasteiger charge is -2.12. The predicted octanol–water partition coefficient (Wildman–Crippen LogP) is 7.11. The summed E-state index contributed by atoms with van der Waals surface area (Å²) in [7, 11) is 0. The third-order valence-corrected chi connectivity index (χ3v) is 3.52. The van der Waals surface area contributed by atoms with Crippen molar-refractivity contribution in [2.45, 2.75) is 15.4 Å². The summed E-state index contributed by atoms with van der Waals surface area (Å²) in [6, 6.07) is 20.1. The van der Waals surface area contributed by atoms with Gasteiger partial charge in [0, 0.05) is 4.99 Å². The van der Waals surface area contributed by atoms with Crippen molar-refractivity contribution >= 4 is 63.7 Å². The Balaban J connectivity index is 0.000000243. The molecule has 0 atom stereocenters. The number of hydrogen-bond acceptors (Lipinski definition) is 2. The van der Waals surface area contributed by atoms with Gasteiger partial charge < -0.3 is 9.47 Å². The van der Waals surface area contributed by atoms with Gasteiger partial charge in [-0.3, -0.25) is 0 Å². The van der Waals surface area contributed by atoms with Gasteiger partial charge in [0.2, 0.25) is 0 Å². The van der Waals surface area contributed by atoms with Gasteiger partial charge in [0.05, 0.1) is 19.5 Å². The van der Waals surface area contributed by atoms with E-state index in [1.807, 2.05) is 60.7 Å². The molecule has 0 amide bonds. The van der Waals surface area contributed by atoms with Gasteiger partial charge >= 0.3 is 0 Å². The third kappa shape index (κ3) is 12.3. The van der Waals surface area contributed by atoms with E-state index in [-0.39, 0.29) is 2.14 Å².